The summed E-state index contributed by atoms with van der Waals surface area (Å²) in [5.74, 6) is 2.79. The van der Waals surface area contributed by atoms with Crippen LogP contribution in [0.25, 0.3) is 0 Å². The summed E-state index contributed by atoms with van der Waals surface area (Å²) in [6, 6.07) is 0. The van der Waals surface area contributed by atoms with Crippen molar-refractivity contribution in [3.8, 4) is 0 Å². The molecular weight excluding hydrogens is 263 g/mol. The van der Waals surface area contributed by atoms with Gasteiger partial charge in [0.25, 0.3) is 0 Å². The quantitative estimate of drug-likeness (QED) is 0.432. The van der Waals surface area contributed by atoms with Crippen LogP contribution >= 0.6 is 20.4 Å². The molecule has 0 aliphatic carbocycles. The molecule has 0 saturated heterocycles. The van der Waals surface area contributed by atoms with Gasteiger partial charge in [0.1, 0.15) is 0 Å². The first-order chi connectivity index (χ1) is 6.41. The summed E-state index contributed by atoms with van der Waals surface area (Å²) in [7, 11) is 4.35. The van der Waals surface area contributed by atoms with Crippen molar-refractivity contribution in [1.82, 2.24) is 0 Å². The molecule has 0 amide bonds. The summed E-state index contributed by atoms with van der Waals surface area (Å²) in [6.45, 7) is 4.55. The molecule has 80 valence electrons. The van der Waals surface area contributed by atoms with E-state index in [0.29, 0.717) is 0 Å². The second-order valence-corrected chi connectivity index (χ2v) is 10.5. The molecule has 0 nitrogen and oxygen atoms in total. The van der Waals surface area contributed by atoms with Gasteiger partial charge in [0.05, 0.1) is 0 Å². The third-order valence-electron chi connectivity index (χ3n) is 1.76. The van der Waals surface area contributed by atoms with Crippen molar-refractivity contribution < 1.29 is 0 Å². The Balaban J connectivity index is 2.76. The minimum atomic E-state index is 0.807. The van der Waals surface area contributed by atoms with Crippen molar-refractivity contribution in [2.75, 3.05) is 11.5 Å². The summed E-state index contributed by atoms with van der Waals surface area (Å²) in [4.78, 5) is 0. The van der Waals surface area contributed by atoms with Crippen LogP contribution < -0.4 is 0 Å². The minimum absolute atomic E-state index is 0.807. The molecule has 0 radical (unpaired) electrons. The summed E-state index contributed by atoms with van der Waals surface area (Å²) < 4.78 is 0. The van der Waals surface area contributed by atoms with Crippen LogP contribution in [-0.2, 0) is 0 Å². The van der Waals surface area contributed by atoms with Gasteiger partial charge >= 0.3 is 97.0 Å². The van der Waals surface area contributed by atoms with Gasteiger partial charge in [-0.3, -0.25) is 0 Å². The van der Waals surface area contributed by atoms with E-state index in [1.165, 1.54) is 50.0 Å². The SMILES string of the molecule is CCCCCS[Se]SCCCCC. The average molecular weight is 285 g/mol. The maximum absolute atomic E-state index is 2.27. The van der Waals surface area contributed by atoms with Crippen molar-refractivity contribution >= 4 is 33.1 Å². The molecular formula is C10H22S2Se. The predicted octanol–water partition coefficient (Wildman–Crippen LogP) is 4.37. The Morgan fingerprint density at radius 1 is 0.769 bits per heavy atom. The van der Waals surface area contributed by atoms with Gasteiger partial charge in [-0.05, 0) is 0 Å². The summed E-state index contributed by atoms with van der Waals surface area (Å²) in [5.41, 5.74) is 0. The van der Waals surface area contributed by atoms with E-state index in [0.717, 1.165) is 12.7 Å². The van der Waals surface area contributed by atoms with Gasteiger partial charge in [0, 0.05) is 0 Å². The van der Waals surface area contributed by atoms with Gasteiger partial charge < -0.3 is 0 Å². The Kier molecular flexibility index (Phi) is 14.5. The van der Waals surface area contributed by atoms with Crippen molar-refractivity contribution in [1.29, 1.82) is 0 Å². The molecule has 0 fully saturated rings. The third-order valence-corrected chi connectivity index (χ3v) is 9.17. The molecule has 0 aromatic carbocycles. The van der Waals surface area contributed by atoms with Crippen molar-refractivity contribution in [3.05, 3.63) is 0 Å². The molecule has 0 N–H and O–H groups in total. The molecule has 0 saturated carbocycles. The summed E-state index contributed by atoms with van der Waals surface area (Å²) >= 11 is 0.807. The summed E-state index contributed by atoms with van der Waals surface area (Å²) in [6.07, 6.45) is 8.42. The molecule has 0 aliphatic heterocycles. The van der Waals surface area contributed by atoms with E-state index >= 15 is 0 Å². The zero-order chi connectivity index (χ0) is 9.78. The molecule has 0 unspecified atom stereocenters. The number of hydrogen-bond acceptors (Lipinski definition) is 2. The van der Waals surface area contributed by atoms with Crippen LogP contribution in [0.15, 0.2) is 0 Å². The molecule has 3 heteroatoms. The summed E-state index contributed by atoms with van der Waals surface area (Å²) in [5, 5.41) is 0. The fourth-order valence-corrected chi connectivity index (χ4v) is 7.72. The van der Waals surface area contributed by atoms with Crippen LogP contribution in [0.4, 0.5) is 0 Å². The molecule has 0 atom stereocenters. The topological polar surface area (TPSA) is 0 Å². The molecule has 0 aliphatic rings. The molecule has 13 heavy (non-hydrogen) atoms. The zero-order valence-electron chi connectivity index (χ0n) is 8.88. The molecule has 0 bridgehead atoms. The fraction of sp³-hybridized carbons (Fsp3) is 1.00. The average Bonchev–Trinajstić information content (AvgIpc) is 2.16. The van der Waals surface area contributed by atoms with Gasteiger partial charge in [0.15, 0.2) is 0 Å². The van der Waals surface area contributed by atoms with E-state index in [1.807, 2.05) is 0 Å². The van der Waals surface area contributed by atoms with E-state index in [4.69, 9.17) is 0 Å². The first-order valence-corrected chi connectivity index (χ1v) is 11.3. The molecule has 0 heterocycles. The van der Waals surface area contributed by atoms with E-state index in [-0.39, 0.29) is 0 Å². The molecule has 0 aromatic heterocycles. The normalized spacial score (nSPS) is 10.6. The first kappa shape index (κ1) is 14.2. The van der Waals surface area contributed by atoms with Crippen LogP contribution in [0.3, 0.4) is 0 Å². The van der Waals surface area contributed by atoms with Gasteiger partial charge in [-0.25, -0.2) is 0 Å². The van der Waals surface area contributed by atoms with Crippen LogP contribution in [0.2, 0.25) is 0 Å². The van der Waals surface area contributed by atoms with Crippen LogP contribution in [0.1, 0.15) is 52.4 Å². The zero-order valence-corrected chi connectivity index (χ0v) is 12.2. The fourth-order valence-electron chi connectivity index (χ4n) is 0.924. The standard InChI is InChI=1S/C10H22S2Se/c1-3-5-7-9-11-13-12-10-8-6-4-2/h3-10H2,1-2H3. The van der Waals surface area contributed by atoms with E-state index in [9.17, 15) is 0 Å². The second-order valence-electron chi connectivity index (χ2n) is 3.13. The van der Waals surface area contributed by atoms with E-state index in [2.05, 4.69) is 34.2 Å². The Morgan fingerprint density at radius 3 is 1.62 bits per heavy atom. The third kappa shape index (κ3) is 13.2. The van der Waals surface area contributed by atoms with Crippen LogP contribution in [0.5, 0.6) is 0 Å². The Bertz CT molecular complexity index is 79.0. The second kappa shape index (κ2) is 13.2. The van der Waals surface area contributed by atoms with Gasteiger partial charge in [-0.15, -0.1) is 0 Å². The number of rotatable bonds is 10. The van der Waals surface area contributed by atoms with Gasteiger partial charge in [-0.2, -0.15) is 0 Å². The predicted molar refractivity (Wildman–Crippen MR) is 69.7 cm³/mol. The van der Waals surface area contributed by atoms with Crippen LogP contribution in [-0.4, -0.2) is 24.2 Å². The van der Waals surface area contributed by atoms with Crippen molar-refractivity contribution in [2.24, 2.45) is 0 Å². The maximum atomic E-state index is 2.27. The molecule has 0 spiro atoms. The number of unbranched alkanes of at least 4 members (excludes halogenated alkanes) is 4. The van der Waals surface area contributed by atoms with E-state index < -0.39 is 0 Å². The monoisotopic (exact) mass is 286 g/mol. The Hall–Kier alpha value is 1.22. The number of hydrogen-bond donors (Lipinski definition) is 0. The van der Waals surface area contributed by atoms with Gasteiger partial charge in [-0.1, -0.05) is 0 Å². The molecule has 0 rings (SSSR count). The first-order valence-electron chi connectivity index (χ1n) is 5.32. The Morgan fingerprint density at radius 2 is 1.23 bits per heavy atom. The Labute approximate surface area is 96.7 Å². The van der Waals surface area contributed by atoms with E-state index in [1.54, 1.807) is 0 Å². The van der Waals surface area contributed by atoms with Crippen LogP contribution in [0, 0.1) is 0 Å². The van der Waals surface area contributed by atoms with Gasteiger partial charge in [0.2, 0.25) is 0 Å². The van der Waals surface area contributed by atoms with Crippen molar-refractivity contribution in [2.45, 2.75) is 52.4 Å². The molecule has 0 aromatic rings. The van der Waals surface area contributed by atoms with Crippen molar-refractivity contribution in [3.63, 3.8) is 0 Å².